The van der Waals surface area contributed by atoms with Gasteiger partial charge in [-0.1, -0.05) is 108 Å². The van der Waals surface area contributed by atoms with Gasteiger partial charge in [0.15, 0.2) is 11.6 Å². The van der Waals surface area contributed by atoms with Gasteiger partial charge in [-0.3, -0.25) is 4.57 Å². The zero-order chi connectivity index (χ0) is 38.9. The minimum absolute atomic E-state index is 0.0464. The average Bonchev–Trinajstić information content (AvgIpc) is 3.90. The number of aliphatic hydroxyl groups is 2. The van der Waals surface area contributed by atoms with Crippen molar-refractivity contribution in [3.8, 4) is 17.4 Å². The van der Waals surface area contributed by atoms with Crippen molar-refractivity contribution in [1.82, 2.24) is 24.1 Å². The standard InChI is InChI=1S/C46H30B3N5O3/c1-25(56)41(48)42(49)40(33(47)24-55)45-50-44(26-19-20-30-29-14-7-10-18-37(29)57-38(30)23-26)51-46(52-45)54-34-16-8-5-13-28(34)31-21-22-36-39(43(31)54)32-15-6-9-17-35(32)53(36)27-11-3-2-4-12-27/h2-19,21-23,30,55-56H,1,20,24H2/b40-33-,42-41-. The maximum atomic E-state index is 10.4. The molecule has 57 heavy (non-hydrogen) atoms. The predicted octanol–water partition coefficient (Wildman–Crippen LogP) is 8.41. The maximum Gasteiger partial charge on any atom is 0.238 e. The Labute approximate surface area is 331 Å². The second-order valence-corrected chi connectivity index (χ2v) is 14.1. The van der Waals surface area contributed by atoms with Crippen molar-refractivity contribution >= 4 is 78.3 Å². The molecular formula is C46H30B3N5O3. The van der Waals surface area contributed by atoms with Crippen molar-refractivity contribution in [2.75, 3.05) is 6.61 Å². The number of nitrogens with zero attached hydrogens (tertiary/aromatic N) is 5. The van der Waals surface area contributed by atoms with Crippen LogP contribution in [0.1, 0.15) is 29.6 Å². The average molecular weight is 733 g/mol. The van der Waals surface area contributed by atoms with Crippen LogP contribution >= 0.6 is 0 Å². The number of ether oxygens (including phenoxy) is 1. The van der Waals surface area contributed by atoms with Crippen molar-refractivity contribution in [3.63, 3.8) is 0 Å². The molecule has 1 atom stereocenters. The molecule has 5 aromatic carbocycles. The van der Waals surface area contributed by atoms with Gasteiger partial charge in [0.1, 0.15) is 40.8 Å². The molecule has 0 amide bonds. The van der Waals surface area contributed by atoms with E-state index in [1.807, 2.05) is 77.4 Å². The zero-order valence-electron chi connectivity index (χ0n) is 30.6. The molecule has 0 saturated heterocycles. The molecule has 3 aromatic heterocycles. The van der Waals surface area contributed by atoms with Crippen LogP contribution in [-0.2, 0) is 0 Å². The van der Waals surface area contributed by atoms with Gasteiger partial charge in [-0.05, 0) is 48.9 Å². The summed E-state index contributed by atoms with van der Waals surface area (Å²) in [6.45, 7) is 2.97. The molecule has 1 aliphatic heterocycles. The molecule has 8 nitrogen and oxygen atoms in total. The van der Waals surface area contributed by atoms with E-state index in [0.717, 1.165) is 66.4 Å². The van der Waals surface area contributed by atoms with E-state index in [1.165, 1.54) is 0 Å². The lowest BCUT2D eigenvalue weighted by molar-refractivity contribution is 0.339. The molecule has 0 fully saturated rings. The highest BCUT2D eigenvalue weighted by molar-refractivity contribution is 6.41. The molecule has 0 spiro atoms. The fourth-order valence-corrected chi connectivity index (χ4v) is 8.28. The number of benzene rings is 5. The first-order chi connectivity index (χ1) is 27.8. The van der Waals surface area contributed by atoms with Crippen LogP contribution in [0.25, 0.3) is 66.4 Å². The lowest BCUT2D eigenvalue weighted by Gasteiger charge is -2.19. The first kappa shape index (κ1) is 34.6. The number of hydrogen-bond donors (Lipinski definition) is 2. The highest BCUT2D eigenvalue weighted by Crippen LogP contribution is 2.46. The van der Waals surface area contributed by atoms with Crippen LogP contribution in [0.15, 0.2) is 162 Å². The lowest BCUT2D eigenvalue weighted by atomic mass is 9.72. The van der Waals surface area contributed by atoms with Gasteiger partial charge in [0.25, 0.3) is 0 Å². The molecular weight excluding hydrogens is 703 g/mol. The molecule has 6 radical (unpaired) electrons. The van der Waals surface area contributed by atoms with E-state index in [9.17, 15) is 10.2 Å². The van der Waals surface area contributed by atoms with Gasteiger partial charge in [-0.15, -0.1) is 0 Å². The van der Waals surface area contributed by atoms with Crippen LogP contribution in [0, 0.1) is 0 Å². The summed E-state index contributed by atoms with van der Waals surface area (Å²) in [5.74, 6) is 1.85. The Bertz CT molecular complexity index is 3140. The number of para-hydroxylation sites is 4. The zero-order valence-corrected chi connectivity index (χ0v) is 30.6. The Morgan fingerprint density at radius 2 is 1.44 bits per heavy atom. The maximum absolute atomic E-state index is 10.4. The molecule has 8 aromatic rings. The largest absolute Gasteiger partial charge is 0.509 e. The summed E-state index contributed by atoms with van der Waals surface area (Å²) in [4.78, 5) is 15.2. The van der Waals surface area contributed by atoms with E-state index in [4.69, 9.17) is 43.2 Å². The Morgan fingerprint density at radius 1 is 0.737 bits per heavy atom. The molecule has 2 N–H and O–H groups in total. The summed E-state index contributed by atoms with van der Waals surface area (Å²) in [7, 11) is 19.3. The second kappa shape index (κ2) is 13.4. The van der Waals surface area contributed by atoms with Gasteiger partial charge in [0.2, 0.25) is 5.95 Å². The number of aliphatic hydroxyl groups excluding tert-OH is 2. The lowest BCUT2D eigenvalue weighted by Crippen LogP contribution is -2.14. The number of fused-ring (bicyclic) bond motifs is 10. The van der Waals surface area contributed by atoms with Crippen molar-refractivity contribution in [2.45, 2.75) is 12.3 Å². The van der Waals surface area contributed by atoms with E-state index in [1.54, 1.807) is 0 Å². The number of rotatable bonds is 7. The summed E-state index contributed by atoms with van der Waals surface area (Å²) in [6.07, 6.45) is 4.70. The summed E-state index contributed by atoms with van der Waals surface area (Å²) in [5, 5.41) is 24.8. The van der Waals surface area contributed by atoms with E-state index < -0.39 is 12.4 Å². The van der Waals surface area contributed by atoms with Gasteiger partial charge >= 0.3 is 0 Å². The van der Waals surface area contributed by atoms with E-state index >= 15 is 0 Å². The third-order valence-corrected chi connectivity index (χ3v) is 10.9. The van der Waals surface area contributed by atoms with Crippen LogP contribution in [0.2, 0.25) is 0 Å². The van der Waals surface area contributed by atoms with Crippen LogP contribution in [0.4, 0.5) is 0 Å². The second-order valence-electron chi connectivity index (χ2n) is 14.1. The van der Waals surface area contributed by atoms with Crippen LogP contribution in [0.5, 0.6) is 5.75 Å². The smallest absolute Gasteiger partial charge is 0.238 e. The Kier molecular flexibility index (Phi) is 8.16. The molecule has 11 heteroatoms. The fourth-order valence-electron chi connectivity index (χ4n) is 8.28. The van der Waals surface area contributed by atoms with E-state index in [2.05, 4.69) is 65.8 Å². The third-order valence-electron chi connectivity index (χ3n) is 10.9. The Balaban J connectivity index is 1.30. The Morgan fingerprint density at radius 3 is 2.21 bits per heavy atom. The minimum atomic E-state index is -0.590. The summed E-state index contributed by atoms with van der Waals surface area (Å²) in [5.41, 5.74) is 6.28. The van der Waals surface area contributed by atoms with E-state index in [-0.39, 0.29) is 39.7 Å². The number of allylic oxidation sites excluding steroid dienone is 7. The van der Waals surface area contributed by atoms with Crippen LogP contribution in [-0.4, -0.2) is 64.4 Å². The highest BCUT2D eigenvalue weighted by atomic mass is 16.5. The third kappa shape index (κ3) is 5.41. The normalized spacial score (nSPS) is 15.8. The van der Waals surface area contributed by atoms with Crippen molar-refractivity contribution in [3.05, 3.63) is 179 Å². The molecule has 1 unspecified atom stereocenters. The van der Waals surface area contributed by atoms with Gasteiger partial charge in [0.05, 0.1) is 28.7 Å². The Hall–Kier alpha value is -6.84. The van der Waals surface area contributed by atoms with Crippen molar-refractivity contribution < 1.29 is 14.9 Å². The topological polar surface area (TPSA) is 98.2 Å². The van der Waals surface area contributed by atoms with E-state index in [0.29, 0.717) is 17.8 Å². The summed E-state index contributed by atoms with van der Waals surface area (Å²) < 4.78 is 10.7. The summed E-state index contributed by atoms with van der Waals surface area (Å²) >= 11 is 0. The first-order valence-electron chi connectivity index (χ1n) is 18.5. The van der Waals surface area contributed by atoms with Gasteiger partial charge < -0.3 is 19.5 Å². The minimum Gasteiger partial charge on any atom is -0.509 e. The van der Waals surface area contributed by atoms with Gasteiger partial charge in [-0.25, -0.2) is 4.98 Å². The SMILES string of the molecule is [B]/C(C(=C)O)=C([B])/C(=C(/[B])CO)c1nc(C2=CCC3C(=C2)Oc2ccccc23)nc(-n2c3ccccc3c3ccc4c(c5ccccc5n4-c4ccccc4)c32)n1. The molecule has 4 heterocycles. The van der Waals surface area contributed by atoms with Crippen LogP contribution in [0.3, 0.4) is 0 Å². The van der Waals surface area contributed by atoms with Crippen LogP contribution < -0.4 is 4.74 Å². The first-order valence-corrected chi connectivity index (χ1v) is 18.5. The molecule has 0 saturated carbocycles. The molecule has 1 aliphatic carbocycles. The van der Waals surface area contributed by atoms with Crippen molar-refractivity contribution in [1.29, 1.82) is 0 Å². The molecule has 2 aliphatic rings. The monoisotopic (exact) mass is 733 g/mol. The van der Waals surface area contributed by atoms with Gasteiger partial charge in [0, 0.05) is 49.9 Å². The quantitative estimate of drug-likeness (QED) is 0.0971. The number of hydrogen-bond acceptors (Lipinski definition) is 6. The fraction of sp³-hybridized carbons (Fsp3) is 0.0652. The van der Waals surface area contributed by atoms with Crippen molar-refractivity contribution in [2.24, 2.45) is 0 Å². The highest BCUT2D eigenvalue weighted by Gasteiger charge is 2.32. The van der Waals surface area contributed by atoms with Gasteiger partial charge in [-0.2, -0.15) is 9.97 Å². The molecule has 0 bridgehead atoms. The number of aromatic nitrogens is 5. The summed E-state index contributed by atoms with van der Waals surface area (Å²) in [6, 6.07) is 39.1. The molecule has 10 rings (SSSR count). The predicted molar refractivity (Wildman–Crippen MR) is 229 cm³/mol. The molecule has 266 valence electrons.